The van der Waals surface area contributed by atoms with Crippen molar-refractivity contribution in [2.45, 2.75) is 6.10 Å². The molecule has 1 aromatic heterocycles. The smallest absolute Gasteiger partial charge is 0.140 e. The van der Waals surface area contributed by atoms with Crippen molar-refractivity contribution >= 4 is 11.0 Å². The lowest BCUT2D eigenvalue weighted by Gasteiger charge is -2.08. The third-order valence-corrected chi connectivity index (χ3v) is 3.15. The van der Waals surface area contributed by atoms with E-state index in [2.05, 4.69) is 9.97 Å². The van der Waals surface area contributed by atoms with Gasteiger partial charge >= 0.3 is 0 Å². The number of hydrogen-bond donors (Lipinski definition) is 2. The van der Waals surface area contributed by atoms with Crippen LogP contribution in [0.4, 0.5) is 4.39 Å². The highest BCUT2D eigenvalue weighted by molar-refractivity contribution is 5.75. The Morgan fingerprint density at radius 3 is 2.65 bits per heavy atom. The van der Waals surface area contributed by atoms with Crippen molar-refractivity contribution in [1.29, 1.82) is 0 Å². The third kappa shape index (κ3) is 2.23. The lowest BCUT2D eigenvalue weighted by atomic mass is 10.1. The summed E-state index contributed by atoms with van der Waals surface area (Å²) in [5.74, 6) is 0.748. The van der Waals surface area contributed by atoms with Gasteiger partial charge in [0.2, 0.25) is 0 Å². The summed E-state index contributed by atoms with van der Waals surface area (Å²) < 4.78 is 18.2. The molecule has 0 bridgehead atoms. The van der Waals surface area contributed by atoms with E-state index in [4.69, 9.17) is 4.74 Å². The molecule has 0 aliphatic heterocycles. The summed E-state index contributed by atoms with van der Waals surface area (Å²) in [4.78, 5) is 7.21. The van der Waals surface area contributed by atoms with Crippen LogP contribution in [0.15, 0.2) is 42.5 Å². The first-order chi connectivity index (χ1) is 9.67. The van der Waals surface area contributed by atoms with Gasteiger partial charge in [0.1, 0.15) is 23.5 Å². The summed E-state index contributed by atoms with van der Waals surface area (Å²) in [5.41, 5.74) is 1.87. The van der Waals surface area contributed by atoms with Crippen LogP contribution in [0.2, 0.25) is 0 Å². The molecule has 0 saturated carbocycles. The summed E-state index contributed by atoms with van der Waals surface area (Å²) in [5, 5.41) is 10.3. The van der Waals surface area contributed by atoms with E-state index in [0.29, 0.717) is 28.2 Å². The van der Waals surface area contributed by atoms with Gasteiger partial charge in [0, 0.05) is 6.07 Å². The molecule has 0 fully saturated rings. The number of fused-ring (bicyclic) bond motifs is 1. The van der Waals surface area contributed by atoms with Crippen LogP contribution in [-0.4, -0.2) is 22.2 Å². The molecule has 20 heavy (non-hydrogen) atoms. The maximum atomic E-state index is 13.1. The van der Waals surface area contributed by atoms with Gasteiger partial charge in [0.15, 0.2) is 0 Å². The molecular weight excluding hydrogens is 259 g/mol. The van der Waals surface area contributed by atoms with E-state index in [1.165, 1.54) is 12.1 Å². The Hall–Kier alpha value is -2.40. The van der Waals surface area contributed by atoms with E-state index >= 15 is 0 Å². The van der Waals surface area contributed by atoms with E-state index in [1.54, 1.807) is 37.4 Å². The van der Waals surface area contributed by atoms with Crippen LogP contribution in [0, 0.1) is 5.82 Å². The fourth-order valence-corrected chi connectivity index (χ4v) is 2.07. The summed E-state index contributed by atoms with van der Waals surface area (Å²) in [6.07, 6.45) is -0.892. The largest absolute Gasteiger partial charge is 0.497 e. The first kappa shape index (κ1) is 12.6. The number of rotatable bonds is 3. The van der Waals surface area contributed by atoms with Crippen molar-refractivity contribution < 1.29 is 14.2 Å². The van der Waals surface area contributed by atoms with Gasteiger partial charge in [-0.05, 0) is 29.8 Å². The average molecular weight is 272 g/mol. The molecule has 1 unspecified atom stereocenters. The Labute approximate surface area is 114 Å². The number of methoxy groups -OCH3 is 1. The average Bonchev–Trinajstić information content (AvgIpc) is 2.89. The van der Waals surface area contributed by atoms with E-state index in [1.807, 2.05) is 0 Å². The second kappa shape index (κ2) is 4.94. The van der Waals surface area contributed by atoms with Crippen LogP contribution in [-0.2, 0) is 0 Å². The van der Waals surface area contributed by atoms with Gasteiger partial charge in [-0.15, -0.1) is 0 Å². The second-order valence-corrected chi connectivity index (χ2v) is 4.46. The molecule has 0 radical (unpaired) electrons. The van der Waals surface area contributed by atoms with Gasteiger partial charge in [-0.25, -0.2) is 9.37 Å². The van der Waals surface area contributed by atoms with Crippen molar-refractivity contribution in [1.82, 2.24) is 9.97 Å². The minimum atomic E-state index is -0.892. The third-order valence-electron chi connectivity index (χ3n) is 3.15. The van der Waals surface area contributed by atoms with Crippen LogP contribution >= 0.6 is 0 Å². The molecule has 1 heterocycles. The number of nitrogens with one attached hydrogen (secondary N) is 1. The molecule has 1 atom stereocenters. The van der Waals surface area contributed by atoms with Gasteiger partial charge in [-0.1, -0.05) is 12.1 Å². The molecule has 0 aliphatic rings. The summed E-state index contributed by atoms with van der Waals surface area (Å²) in [7, 11) is 1.58. The highest BCUT2D eigenvalue weighted by atomic mass is 19.1. The number of imidazole rings is 1. The predicted octanol–water partition coefficient (Wildman–Crippen LogP) is 2.79. The number of aliphatic hydroxyl groups is 1. The van der Waals surface area contributed by atoms with Crippen molar-refractivity contribution in [3.05, 3.63) is 59.7 Å². The number of nitrogens with zero attached hydrogens (tertiary/aromatic N) is 1. The quantitative estimate of drug-likeness (QED) is 0.770. The zero-order valence-corrected chi connectivity index (χ0v) is 10.8. The predicted molar refractivity (Wildman–Crippen MR) is 73.1 cm³/mol. The highest BCUT2D eigenvalue weighted by Gasteiger charge is 2.15. The molecule has 3 aromatic rings. The Bertz CT molecular complexity index is 737. The van der Waals surface area contributed by atoms with Crippen LogP contribution < -0.4 is 4.74 Å². The zero-order valence-electron chi connectivity index (χ0n) is 10.8. The Morgan fingerprint density at radius 1 is 1.20 bits per heavy atom. The number of aliphatic hydroxyl groups excluding tert-OH is 1. The van der Waals surface area contributed by atoms with Crippen LogP contribution in [0.3, 0.4) is 0 Å². The molecule has 0 saturated heterocycles. The van der Waals surface area contributed by atoms with Gasteiger partial charge in [-0.3, -0.25) is 0 Å². The second-order valence-electron chi connectivity index (χ2n) is 4.46. The van der Waals surface area contributed by atoms with E-state index in [9.17, 15) is 9.50 Å². The number of aromatic amines is 1. The highest BCUT2D eigenvalue weighted by Crippen LogP contribution is 2.24. The first-order valence-electron chi connectivity index (χ1n) is 6.14. The molecule has 2 aromatic carbocycles. The summed E-state index contributed by atoms with van der Waals surface area (Å²) in [6, 6.07) is 11.3. The van der Waals surface area contributed by atoms with Crippen LogP contribution in [0.25, 0.3) is 11.0 Å². The lowest BCUT2D eigenvalue weighted by Crippen LogP contribution is -2.01. The van der Waals surface area contributed by atoms with Gasteiger partial charge < -0.3 is 14.8 Å². The normalized spacial score (nSPS) is 12.6. The van der Waals surface area contributed by atoms with Crippen molar-refractivity contribution in [2.75, 3.05) is 7.11 Å². The number of ether oxygens (including phenoxy) is 1. The van der Waals surface area contributed by atoms with E-state index in [-0.39, 0.29) is 5.82 Å². The molecule has 0 aliphatic carbocycles. The molecular formula is C15H13FN2O2. The standard InChI is InChI=1S/C15H13FN2O2/c1-20-11-5-2-9(3-6-11)14(19)15-17-12-7-4-10(16)8-13(12)18-15/h2-8,14,19H,1H3,(H,17,18). The maximum absolute atomic E-state index is 13.1. The lowest BCUT2D eigenvalue weighted by molar-refractivity contribution is 0.211. The molecule has 0 amide bonds. The number of halogens is 1. The summed E-state index contributed by atoms with van der Waals surface area (Å²) in [6.45, 7) is 0. The fourth-order valence-electron chi connectivity index (χ4n) is 2.07. The van der Waals surface area contributed by atoms with E-state index < -0.39 is 6.10 Å². The van der Waals surface area contributed by atoms with Crippen molar-refractivity contribution in [3.8, 4) is 5.75 Å². The molecule has 4 nitrogen and oxygen atoms in total. The van der Waals surface area contributed by atoms with E-state index in [0.717, 1.165) is 0 Å². The van der Waals surface area contributed by atoms with Gasteiger partial charge in [-0.2, -0.15) is 0 Å². The van der Waals surface area contributed by atoms with Crippen molar-refractivity contribution in [2.24, 2.45) is 0 Å². The fraction of sp³-hybridized carbons (Fsp3) is 0.133. The van der Waals surface area contributed by atoms with Crippen molar-refractivity contribution in [3.63, 3.8) is 0 Å². The number of hydrogen-bond acceptors (Lipinski definition) is 3. The minimum absolute atomic E-state index is 0.352. The SMILES string of the molecule is COc1ccc(C(O)c2nc3cc(F)ccc3[nH]2)cc1. The first-order valence-corrected chi connectivity index (χ1v) is 6.14. The Morgan fingerprint density at radius 2 is 1.95 bits per heavy atom. The van der Waals surface area contributed by atoms with Gasteiger partial charge in [0.25, 0.3) is 0 Å². The van der Waals surface area contributed by atoms with Gasteiger partial charge in [0.05, 0.1) is 18.1 Å². The maximum Gasteiger partial charge on any atom is 0.140 e. The molecule has 2 N–H and O–H groups in total. The Balaban J connectivity index is 1.96. The number of aromatic nitrogens is 2. The topological polar surface area (TPSA) is 58.1 Å². The monoisotopic (exact) mass is 272 g/mol. The molecule has 3 rings (SSSR count). The Kier molecular flexibility index (Phi) is 3.12. The molecule has 5 heteroatoms. The summed E-state index contributed by atoms with van der Waals surface area (Å²) >= 11 is 0. The van der Waals surface area contributed by atoms with Crippen LogP contribution in [0.1, 0.15) is 17.5 Å². The minimum Gasteiger partial charge on any atom is -0.497 e. The number of H-pyrrole nitrogens is 1. The number of benzene rings is 2. The molecule has 0 spiro atoms. The van der Waals surface area contributed by atoms with Crippen LogP contribution in [0.5, 0.6) is 5.75 Å². The zero-order chi connectivity index (χ0) is 14.1. The molecule has 102 valence electrons.